The zero-order valence-electron chi connectivity index (χ0n) is 26.1. The number of ketones is 1. The number of fused-ring (bicyclic) bond motifs is 1. The maximum Gasteiger partial charge on any atom is 0.327 e. The molecule has 3 atom stereocenters. The highest BCUT2D eigenvalue weighted by molar-refractivity contribution is 7.80. The number of carbonyl (C=O) groups is 5. The average Bonchev–Trinajstić information content (AvgIpc) is 3.05. The number of thiol groups is 1. The largest absolute Gasteiger partial charge is 0.480 e. The molecule has 1 aromatic carbocycles. The summed E-state index contributed by atoms with van der Waals surface area (Å²) in [7, 11) is 0. The molecule has 19 nitrogen and oxygen atoms in total. The Morgan fingerprint density at radius 3 is 2.31 bits per heavy atom. The number of carboxylic acid groups (broad SMARTS) is 2. The molecule has 2 heterocycles. The number of H-pyrrole nitrogens is 1. The van der Waals surface area contributed by atoms with E-state index in [9.17, 15) is 39.0 Å². The van der Waals surface area contributed by atoms with Crippen molar-refractivity contribution in [3.63, 3.8) is 0 Å². The number of aromatic nitrogens is 4. The Hall–Kier alpha value is -5.79. The van der Waals surface area contributed by atoms with E-state index in [1.807, 2.05) is 0 Å². The lowest BCUT2D eigenvalue weighted by Crippen LogP contribution is -2.45. The fraction of sp³-hybridized carbons (Fsp3) is 0.379. The number of aliphatic imine (C=N–C) groups is 1. The molecule has 0 bridgehead atoms. The molecule has 0 saturated heterocycles. The third-order valence-corrected chi connectivity index (χ3v) is 7.43. The van der Waals surface area contributed by atoms with Crippen LogP contribution in [0.1, 0.15) is 48.2 Å². The molecule has 0 unspecified atom stereocenters. The maximum atomic E-state index is 12.8. The lowest BCUT2D eigenvalue weighted by atomic mass is 9.93. The monoisotopic (exact) mass is 699 g/mol. The van der Waals surface area contributed by atoms with E-state index in [4.69, 9.17) is 17.2 Å². The van der Waals surface area contributed by atoms with Crippen molar-refractivity contribution in [3.8, 4) is 0 Å². The second-order valence-electron chi connectivity index (χ2n) is 10.8. The summed E-state index contributed by atoms with van der Waals surface area (Å²) < 4.78 is 0. The Morgan fingerprint density at radius 2 is 1.67 bits per heavy atom. The number of rotatable bonds is 19. The third-order valence-electron chi connectivity index (χ3n) is 7.07. The van der Waals surface area contributed by atoms with E-state index in [0.29, 0.717) is 17.8 Å². The number of carbonyl (C=O) groups excluding carboxylic acids is 3. The Kier molecular flexibility index (Phi) is 13.8. The van der Waals surface area contributed by atoms with Gasteiger partial charge in [0.25, 0.3) is 11.5 Å². The number of nitrogens with one attached hydrogen (secondary N) is 4. The first-order chi connectivity index (χ1) is 23.3. The molecule has 262 valence electrons. The van der Waals surface area contributed by atoms with Crippen LogP contribution in [-0.2, 0) is 25.7 Å². The third kappa shape index (κ3) is 11.8. The molecular weight excluding hydrogens is 662 g/mol. The average molecular weight is 700 g/mol. The zero-order chi connectivity index (χ0) is 36.1. The predicted molar refractivity (Wildman–Crippen MR) is 181 cm³/mol. The van der Waals surface area contributed by atoms with Crippen molar-refractivity contribution in [2.24, 2.45) is 22.4 Å². The smallest absolute Gasteiger partial charge is 0.327 e. The predicted octanol–water partition coefficient (Wildman–Crippen LogP) is -1.00. The quantitative estimate of drug-likeness (QED) is 0.0310. The van der Waals surface area contributed by atoms with Crippen molar-refractivity contribution < 1.29 is 34.2 Å². The van der Waals surface area contributed by atoms with Gasteiger partial charge in [0.05, 0.1) is 18.4 Å². The fourth-order valence-corrected chi connectivity index (χ4v) is 4.76. The molecule has 3 aromatic rings. The minimum Gasteiger partial charge on any atom is -0.480 e. The number of Topliss-reactive ketones (excluding diaryl/α,β-unsaturated/α-hetero) is 1. The van der Waals surface area contributed by atoms with E-state index in [2.05, 4.69) is 53.5 Å². The molecule has 2 amide bonds. The molecule has 49 heavy (non-hydrogen) atoms. The van der Waals surface area contributed by atoms with Crippen molar-refractivity contribution in [1.29, 1.82) is 0 Å². The molecular formula is C29H37N11O8S. The van der Waals surface area contributed by atoms with Crippen LogP contribution in [0.25, 0.3) is 11.2 Å². The molecule has 20 heteroatoms. The van der Waals surface area contributed by atoms with Gasteiger partial charge in [-0.15, -0.1) is 0 Å². The summed E-state index contributed by atoms with van der Waals surface area (Å²) >= 11 is 3.93. The van der Waals surface area contributed by atoms with Crippen LogP contribution in [0.2, 0.25) is 0 Å². The van der Waals surface area contributed by atoms with E-state index in [-0.39, 0.29) is 73.2 Å². The molecule has 2 aromatic heterocycles. The van der Waals surface area contributed by atoms with E-state index in [1.54, 1.807) is 12.1 Å². The number of nitrogens with zero attached hydrogens (tertiary/aromatic N) is 4. The van der Waals surface area contributed by atoms with E-state index in [1.165, 1.54) is 18.3 Å². The molecule has 0 fully saturated rings. The van der Waals surface area contributed by atoms with Gasteiger partial charge in [0.2, 0.25) is 11.9 Å². The molecule has 0 spiro atoms. The minimum absolute atomic E-state index is 0.0261. The van der Waals surface area contributed by atoms with E-state index in [0.717, 1.165) is 0 Å². The summed E-state index contributed by atoms with van der Waals surface area (Å²) in [6.45, 7) is 0.358. The number of aliphatic carboxylic acids is 2. The number of aromatic amines is 1. The second-order valence-corrected chi connectivity index (χ2v) is 11.2. The molecule has 0 saturated carbocycles. The first-order valence-corrected chi connectivity index (χ1v) is 15.5. The Balaban J connectivity index is 1.56. The van der Waals surface area contributed by atoms with Gasteiger partial charge in [0.15, 0.2) is 17.1 Å². The SMILES string of the molecule is NC(N)=NCCC[C@@H](CC(=O)CC[C@@H](NC(=O)c1ccc(NCc2cnc3nc(N)[nH]c(=O)c3n2)cc1)C(=O)O)C(=O)N[C@H](CS)C(=O)O. The lowest BCUT2D eigenvalue weighted by Gasteiger charge is -2.19. The summed E-state index contributed by atoms with van der Waals surface area (Å²) in [6.07, 6.45) is 1.07. The van der Waals surface area contributed by atoms with Gasteiger partial charge in [0.1, 0.15) is 17.9 Å². The topological polar surface area (TPSA) is 324 Å². The summed E-state index contributed by atoms with van der Waals surface area (Å²) in [4.78, 5) is 92.3. The first kappa shape index (κ1) is 37.7. The maximum absolute atomic E-state index is 12.8. The van der Waals surface area contributed by atoms with E-state index >= 15 is 0 Å². The first-order valence-electron chi connectivity index (χ1n) is 14.9. The zero-order valence-corrected chi connectivity index (χ0v) is 27.0. The van der Waals surface area contributed by atoms with Crippen molar-refractivity contribution in [2.45, 2.75) is 50.7 Å². The second kappa shape index (κ2) is 17.9. The number of guanidine groups is 1. The number of amides is 2. The highest BCUT2D eigenvalue weighted by Gasteiger charge is 2.28. The summed E-state index contributed by atoms with van der Waals surface area (Å²) in [5.41, 5.74) is 16.9. The van der Waals surface area contributed by atoms with Crippen molar-refractivity contribution in [1.82, 2.24) is 30.6 Å². The number of anilines is 2. The Morgan fingerprint density at radius 1 is 0.980 bits per heavy atom. The van der Waals surface area contributed by atoms with Crippen LogP contribution in [0, 0.1) is 5.92 Å². The van der Waals surface area contributed by atoms with Crippen LogP contribution in [-0.4, -0.2) is 90.0 Å². The highest BCUT2D eigenvalue weighted by Crippen LogP contribution is 2.17. The van der Waals surface area contributed by atoms with Gasteiger partial charge >= 0.3 is 11.9 Å². The van der Waals surface area contributed by atoms with Gasteiger partial charge in [-0.2, -0.15) is 17.6 Å². The lowest BCUT2D eigenvalue weighted by molar-refractivity contribution is -0.142. The van der Waals surface area contributed by atoms with Gasteiger partial charge in [-0.05, 0) is 43.5 Å². The number of nitrogen functional groups attached to an aromatic ring is 1. The summed E-state index contributed by atoms with van der Waals surface area (Å²) in [5.74, 6) is -5.82. The number of carboxylic acids is 2. The normalized spacial score (nSPS) is 12.7. The number of hydrogen-bond donors (Lipinski definition) is 10. The molecule has 0 aliphatic heterocycles. The van der Waals surface area contributed by atoms with Crippen molar-refractivity contribution in [3.05, 3.63) is 52.1 Å². The molecule has 0 aliphatic carbocycles. The molecule has 0 radical (unpaired) electrons. The van der Waals surface area contributed by atoms with Crippen LogP contribution >= 0.6 is 12.6 Å². The van der Waals surface area contributed by atoms with Gasteiger partial charge in [-0.3, -0.25) is 29.2 Å². The van der Waals surface area contributed by atoms with Crippen LogP contribution < -0.4 is 38.7 Å². The van der Waals surface area contributed by atoms with Gasteiger partial charge in [-0.1, -0.05) is 0 Å². The standard InChI is InChI=1S/C29H37N11O8S/c30-28(31)33-9-1-2-15(24(43)38-20(13-49)27(47)48)10-18(41)7-8-19(26(45)46)37-23(42)14-3-5-16(6-4-14)34-11-17-12-35-22-21(36-17)25(44)40-29(32)39-22/h3-6,12,15,19-20,34,49H,1-2,7-11,13H2,(H,37,42)(H,38,43)(H,45,46)(H,47,48)(H4,30,31,33)(H3,32,35,39,40,44)/t15-,19+,20+/m0/s1. The van der Waals surface area contributed by atoms with Crippen molar-refractivity contribution in [2.75, 3.05) is 23.3 Å². The molecule has 3 rings (SSSR count). The number of hydrogen-bond acceptors (Lipinski definition) is 13. The Bertz CT molecular complexity index is 1760. The Labute approximate surface area is 284 Å². The van der Waals surface area contributed by atoms with Gasteiger partial charge in [-0.25, -0.2) is 19.6 Å². The highest BCUT2D eigenvalue weighted by atomic mass is 32.1. The van der Waals surface area contributed by atoms with E-state index < -0.39 is 53.1 Å². The molecule has 0 aliphatic rings. The van der Waals surface area contributed by atoms with Gasteiger partial charge in [0, 0.05) is 42.3 Å². The van der Waals surface area contributed by atoms with Crippen LogP contribution in [0.3, 0.4) is 0 Å². The van der Waals surface area contributed by atoms with Gasteiger partial charge < -0.3 is 43.4 Å². The fourth-order valence-electron chi connectivity index (χ4n) is 4.52. The molecule has 12 N–H and O–H groups in total. The van der Waals surface area contributed by atoms with Crippen LogP contribution in [0.4, 0.5) is 11.6 Å². The number of nitrogens with two attached hydrogens (primary N) is 3. The summed E-state index contributed by atoms with van der Waals surface area (Å²) in [6, 6.07) is 3.41. The summed E-state index contributed by atoms with van der Waals surface area (Å²) in [5, 5.41) is 26.8. The van der Waals surface area contributed by atoms with Crippen LogP contribution in [0.5, 0.6) is 0 Å². The minimum atomic E-state index is -1.41. The van der Waals surface area contributed by atoms with Crippen LogP contribution in [0.15, 0.2) is 40.2 Å². The van der Waals surface area contributed by atoms with Crippen molar-refractivity contribution >= 4 is 70.9 Å². The number of benzene rings is 1.